The molecule has 3 rings (SSSR count). The standard InChI is InChI=1S/C13H15N5S/c1-3-14-13-17-16-12(19-13)8-11-15-9-6-4-5-7-10(9)18(11)2/h4-7H,3,8H2,1-2H3,(H,14,17). The summed E-state index contributed by atoms with van der Waals surface area (Å²) in [6.07, 6.45) is 0.717. The monoisotopic (exact) mass is 273 g/mol. The number of aromatic nitrogens is 4. The van der Waals surface area contributed by atoms with E-state index in [0.717, 1.165) is 33.5 Å². The maximum absolute atomic E-state index is 4.64. The van der Waals surface area contributed by atoms with Crippen LogP contribution in [0.25, 0.3) is 11.0 Å². The first-order chi connectivity index (χ1) is 9.28. The summed E-state index contributed by atoms with van der Waals surface area (Å²) in [5.74, 6) is 1.01. The van der Waals surface area contributed by atoms with E-state index in [9.17, 15) is 0 Å². The Labute approximate surface area is 115 Å². The van der Waals surface area contributed by atoms with Crippen LogP contribution in [-0.2, 0) is 13.5 Å². The number of aryl methyl sites for hydroxylation is 1. The lowest BCUT2D eigenvalue weighted by Gasteiger charge is -1.99. The number of nitrogens with zero attached hydrogens (tertiary/aromatic N) is 4. The molecule has 0 fully saturated rings. The van der Waals surface area contributed by atoms with Crippen LogP contribution in [0.2, 0.25) is 0 Å². The van der Waals surface area contributed by atoms with Crippen molar-refractivity contribution in [2.45, 2.75) is 13.3 Å². The molecule has 0 unspecified atom stereocenters. The van der Waals surface area contributed by atoms with E-state index in [2.05, 4.69) is 31.1 Å². The van der Waals surface area contributed by atoms with Gasteiger partial charge in [-0.15, -0.1) is 10.2 Å². The highest BCUT2D eigenvalue weighted by Gasteiger charge is 2.11. The number of imidazole rings is 1. The fourth-order valence-corrected chi connectivity index (χ4v) is 2.84. The zero-order valence-electron chi connectivity index (χ0n) is 10.9. The zero-order chi connectivity index (χ0) is 13.2. The predicted octanol–water partition coefficient (Wildman–Crippen LogP) is 2.45. The van der Waals surface area contributed by atoms with Crippen LogP contribution in [0.5, 0.6) is 0 Å². The van der Waals surface area contributed by atoms with Gasteiger partial charge in [-0.3, -0.25) is 0 Å². The van der Waals surface area contributed by atoms with Gasteiger partial charge in [-0.2, -0.15) is 0 Å². The van der Waals surface area contributed by atoms with E-state index >= 15 is 0 Å². The zero-order valence-corrected chi connectivity index (χ0v) is 11.7. The second-order valence-corrected chi connectivity index (χ2v) is 5.35. The summed E-state index contributed by atoms with van der Waals surface area (Å²) in [6.45, 7) is 2.91. The van der Waals surface area contributed by atoms with Crippen molar-refractivity contribution < 1.29 is 0 Å². The maximum Gasteiger partial charge on any atom is 0.205 e. The molecule has 0 bridgehead atoms. The van der Waals surface area contributed by atoms with Gasteiger partial charge in [0.2, 0.25) is 5.13 Å². The molecule has 1 N–H and O–H groups in total. The highest BCUT2D eigenvalue weighted by Crippen LogP contribution is 2.20. The summed E-state index contributed by atoms with van der Waals surface area (Å²) in [7, 11) is 2.04. The number of nitrogens with one attached hydrogen (secondary N) is 1. The van der Waals surface area contributed by atoms with E-state index in [4.69, 9.17) is 0 Å². The van der Waals surface area contributed by atoms with Crippen molar-refractivity contribution in [2.75, 3.05) is 11.9 Å². The first-order valence-electron chi connectivity index (χ1n) is 6.24. The highest BCUT2D eigenvalue weighted by molar-refractivity contribution is 7.15. The van der Waals surface area contributed by atoms with Gasteiger partial charge in [0.05, 0.1) is 17.5 Å². The van der Waals surface area contributed by atoms with Gasteiger partial charge in [0.25, 0.3) is 0 Å². The van der Waals surface area contributed by atoms with E-state index in [1.54, 1.807) is 11.3 Å². The third-order valence-corrected chi connectivity index (χ3v) is 3.86. The summed E-state index contributed by atoms with van der Waals surface area (Å²) in [5.41, 5.74) is 2.17. The van der Waals surface area contributed by atoms with Gasteiger partial charge in [-0.1, -0.05) is 23.5 Å². The van der Waals surface area contributed by atoms with Gasteiger partial charge in [-0.25, -0.2) is 4.98 Å². The predicted molar refractivity (Wildman–Crippen MR) is 77.6 cm³/mol. The van der Waals surface area contributed by atoms with Crippen LogP contribution in [0.4, 0.5) is 5.13 Å². The Morgan fingerprint density at radius 3 is 2.89 bits per heavy atom. The highest BCUT2D eigenvalue weighted by atomic mass is 32.1. The summed E-state index contributed by atoms with van der Waals surface area (Å²) < 4.78 is 2.11. The number of fused-ring (bicyclic) bond motifs is 1. The van der Waals surface area contributed by atoms with E-state index in [1.165, 1.54) is 0 Å². The van der Waals surface area contributed by atoms with Crippen molar-refractivity contribution in [1.82, 2.24) is 19.7 Å². The lowest BCUT2D eigenvalue weighted by molar-refractivity contribution is 0.832. The Hall–Kier alpha value is -1.95. The lowest BCUT2D eigenvalue weighted by Crippen LogP contribution is -1.98. The van der Waals surface area contributed by atoms with Crippen LogP contribution in [0, 0.1) is 0 Å². The van der Waals surface area contributed by atoms with Gasteiger partial charge >= 0.3 is 0 Å². The number of hydrogen-bond acceptors (Lipinski definition) is 5. The number of anilines is 1. The quantitative estimate of drug-likeness (QED) is 0.793. The average Bonchev–Trinajstić information content (AvgIpc) is 2.97. The smallest absolute Gasteiger partial charge is 0.205 e. The molecule has 2 aromatic heterocycles. The van der Waals surface area contributed by atoms with E-state index < -0.39 is 0 Å². The first kappa shape index (κ1) is 12.1. The Kier molecular flexibility index (Phi) is 3.16. The van der Waals surface area contributed by atoms with Crippen LogP contribution < -0.4 is 5.32 Å². The van der Waals surface area contributed by atoms with Crippen molar-refractivity contribution in [3.8, 4) is 0 Å². The second-order valence-electron chi connectivity index (χ2n) is 4.28. The first-order valence-corrected chi connectivity index (χ1v) is 7.06. The summed E-state index contributed by atoms with van der Waals surface area (Å²) in [5, 5.41) is 13.3. The molecule has 0 saturated carbocycles. The summed E-state index contributed by atoms with van der Waals surface area (Å²) in [6, 6.07) is 8.15. The Morgan fingerprint density at radius 1 is 1.26 bits per heavy atom. The normalized spacial score (nSPS) is 11.1. The van der Waals surface area contributed by atoms with Crippen LogP contribution in [0.15, 0.2) is 24.3 Å². The molecular weight excluding hydrogens is 258 g/mol. The molecule has 2 heterocycles. The minimum Gasteiger partial charge on any atom is -0.360 e. The molecule has 5 nitrogen and oxygen atoms in total. The molecule has 19 heavy (non-hydrogen) atoms. The van der Waals surface area contributed by atoms with Gasteiger partial charge in [0.1, 0.15) is 10.8 Å². The molecule has 6 heteroatoms. The van der Waals surface area contributed by atoms with E-state index in [1.807, 2.05) is 32.2 Å². The fraction of sp³-hybridized carbons (Fsp3) is 0.308. The molecule has 0 saturated heterocycles. The molecule has 0 amide bonds. The molecular formula is C13H15N5S. The minimum atomic E-state index is 0.717. The SMILES string of the molecule is CCNc1nnc(Cc2nc3ccccc3n2C)s1. The summed E-state index contributed by atoms with van der Waals surface area (Å²) >= 11 is 1.58. The number of rotatable bonds is 4. The minimum absolute atomic E-state index is 0.717. The van der Waals surface area contributed by atoms with E-state index in [0.29, 0.717) is 6.42 Å². The van der Waals surface area contributed by atoms with Gasteiger partial charge < -0.3 is 9.88 Å². The van der Waals surface area contributed by atoms with Crippen LogP contribution in [0.1, 0.15) is 17.8 Å². The molecule has 0 aliphatic carbocycles. The number of benzene rings is 1. The Balaban J connectivity index is 1.89. The lowest BCUT2D eigenvalue weighted by atomic mass is 10.3. The molecule has 0 radical (unpaired) electrons. The van der Waals surface area contributed by atoms with Gasteiger partial charge in [0.15, 0.2) is 0 Å². The van der Waals surface area contributed by atoms with Crippen molar-refractivity contribution in [3.05, 3.63) is 35.1 Å². The van der Waals surface area contributed by atoms with Crippen molar-refractivity contribution in [1.29, 1.82) is 0 Å². The topological polar surface area (TPSA) is 55.6 Å². The van der Waals surface area contributed by atoms with Crippen molar-refractivity contribution in [2.24, 2.45) is 7.05 Å². The molecule has 98 valence electrons. The third kappa shape index (κ3) is 2.31. The van der Waals surface area contributed by atoms with Crippen LogP contribution >= 0.6 is 11.3 Å². The van der Waals surface area contributed by atoms with Crippen molar-refractivity contribution in [3.63, 3.8) is 0 Å². The molecule has 0 atom stereocenters. The molecule has 0 aliphatic rings. The molecule has 0 spiro atoms. The van der Waals surface area contributed by atoms with E-state index in [-0.39, 0.29) is 0 Å². The third-order valence-electron chi connectivity index (χ3n) is 2.98. The Morgan fingerprint density at radius 2 is 2.11 bits per heavy atom. The second kappa shape index (κ2) is 4.97. The molecule has 3 aromatic rings. The number of para-hydroxylation sites is 2. The molecule has 0 aliphatic heterocycles. The van der Waals surface area contributed by atoms with Crippen LogP contribution in [0.3, 0.4) is 0 Å². The average molecular weight is 273 g/mol. The number of hydrogen-bond donors (Lipinski definition) is 1. The largest absolute Gasteiger partial charge is 0.360 e. The van der Waals surface area contributed by atoms with Gasteiger partial charge in [-0.05, 0) is 19.1 Å². The fourth-order valence-electron chi connectivity index (χ4n) is 2.04. The molecule has 1 aromatic carbocycles. The van der Waals surface area contributed by atoms with Gasteiger partial charge in [0, 0.05) is 13.6 Å². The summed E-state index contributed by atoms with van der Waals surface area (Å²) in [4.78, 5) is 4.64. The maximum atomic E-state index is 4.64. The Bertz CT molecular complexity index is 700. The van der Waals surface area contributed by atoms with Crippen LogP contribution in [-0.4, -0.2) is 26.3 Å². The van der Waals surface area contributed by atoms with Crippen molar-refractivity contribution >= 4 is 27.5 Å².